The number of carbonyl (C=O) groups is 2. The molecule has 0 bridgehead atoms. The zero-order chi connectivity index (χ0) is 19.0. The first kappa shape index (κ1) is 19.9. The van der Waals surface area contributed by atoms with E-state index in [1.807, 2.05) is 18.7 Å². The number of amides is 2. The number of nitrogens with zero attached hydrogens (tertiary/aromatic N) is 2. The first-order valence-corrected chi connectivity index (χ1v) is 10.2. The number of rotatable bonds is 2. The topological polar surface area (TPSA) is 49.9 Å². The van der Waals surface area contributed by atoms with Gasteiger partial charge in [0, 0.05) is 19.5 Å². The Kier molecular flexibility index (Phi) is 6.14. The number of carbonyl (C=O) groups excluding carboxylic acids is 2. The lowest BCUT2D eigenvalue weighted by molar-refractivity contribution is -0.121. The molecule has 2 saturated heterocycles. The quantitative estimate of drug-likeness (QED) is 0.523. The van der Waals surface area contributed by atoms with Gasteiger partial charge < -0.3 is 9.64 Å². The fraction of sp³-hybridized carbons (Fsp3) is 0.471. The molecule has 0 spiro atoms. The molecule has 3 atom stereocenters. The third kappa shape index (κ3) is 4.17. The van der Waals surface area contributed by atoms with Crippen LogP contribution in [0.4, 0.5) is 5.69 Å². The number of morpholine rings is 1. The molecule has 0 N–H and O–H groups in total. The molecule has 2 aliphatic rings. The van der Waals surface area contributed by atoms with Gasteiger partial charge in [-0.2, -0.15) is 0 Å². The molecule has 0 unspecified atom stereocenters. The molecular formula is C17H18Cl2N2O3S2. The Bertz CT molecular complexity index is 752. The first-order chi connectivity index (χ1) is 12.3. The van der Waals surface area contributed by atoms with Crippen molar-refractivity contribution in [2.45, 2.75) is 37.7 Å². The van der Waals surface area contributed by atoms with E-state index in [4.69, 9.17) is 40.2 Å². The van der Waals surface area contributed by atoms with Crippen LogP contribution in [0.3, 0.4) is 0 Å². The van der Waals surface area contributed by atoms with Crippen molar-refractivity contribution in [2.75, 3.05) is 18.0 Å². The van der Waals surface area contributed by atoms with E-state index in [9.17, 15) is 9.59 Å². The van der Waals surface area contributed by atoms with Crippen molar-refractivity contribution in [3.05, 3.63) is 28.2 Å². The maximum atomic E-state index is 12.8. The fourth-order valence-electron chi connectivity index (χ4n) is 3.11. The summed E-state index contributed by atoms with van der Waals surface area (Å²) in [6, 6.07) is 4.71. The molecule has 0 aromatic heterocycles. The summed E-state index contributed by atoms with van der Waals surface area (Å²) < 4.78 is 6.33. The van der Waals surface area contributed by atoms with Gasteiger partial charge >= 0.3 is 0 Å². The molecule has 1 aromatic rings. The summed E-state index contributed by atoms with van der Waals surface area (Å²) in [5.41, 5.74) is 0.428. The molecule has 2 fully saturated rings. The normalized spacial score (nSPS) is 26.5. The van der Waals surface area contributed by atoms with Crippen LogP contribution in [-0.2, 0) is 14.3 Å². The van der Waals surface area contributed by atoms with E-state index in [0.717, 1.165) is 4.90 Å². The Hall–Kier alpha value is -0.860. The monoisotopic (exact) mass is 432 g/mol. The van der Waals surface area contributed by atoms with Crippen LogP contribution < -0.4 is 4.90 Å². The molecule has 26 heavy (non-hydrogen) atoms. The molecule has 2 amide bonds. The highest BCUT2D eigenvalue weighted by molar-refractivity contribution is 8.23. The van der Waals surface area contributed by atoms with E-state index in [1.54, 1.807) is 12.1 Å². The Morgan fingerprint density at radius 3 is 2.46 bits per heavy atom. The molecule has 3 rings (SSSR count). The van der Waals surface area contributed by atoms with Crippen molar-refractivity contribution in [1.29, 1.82) is 0 Å². The van der Waals surface area contributed by atoms with Crippen LogP contribution in [0.15, 0.2) is 18.2 Å². The van der Waals surface area contributed by atoms with Crippen LogP contribution in [0.5, 0.6) is 0 Å². The van der Waals surface area contributed by atoms with E-state index >= 15 is 0 Å². The van der Waals surface area contributed by atoms with Crippen LogP contribution in [-0.4, -0.2) is 51.6 Å². The van der Waals surface area contributed by atoms with Crippen LogP contribution in [0.2, 0.25) is 10.0 Å². The number of hydrogen-bond donors (Lipinski definition) is 0. The SMILES string of the molecule is C[C@@H]1CN(C(=S)S[C@@H]2CC(=O)N(c3ccc(Cl)c(Cl)c3)C2=O)C[C@H](C)O1. The lowest BCUT2D eigenvalue weighted by Crippen LogP contribution is -2.47. The largest absolute Gasteiger partial charge is 0.372 e. The molecule has 0 aliphatic carbocycles. The second kappa shape index (κ2) is 8.02. The van der Waals surface area contributed by atoms with Gasteiger partial charge in [0.25, 0.3) is 0 Å². The zero-order valence-corrected chi connectivity index (χ0v) is 17.4. The summed E-state index contributed by atoms with van der Waals surface area (Å²) in [4.78, 5) is 28.4. The van der Waals surface area contributed by atoms with Gasteiger partial charge in [0.1, 0.15) is 9.57 Å². The van der Waals surface area contributed by atoms with Crippen molar-refractivity contribution in [2.24, 2.45) is 0 Å². The predicted octanol–water partition coefficient (Wildman–Crippen LogP) is 3.75. The average Bonchev–Trinajstić information content (AvgIpc) is 2.83. The Labute approximate surface area is 171 Å². The highest BCUT2D eigenvalue weighted by Gasteiger charge is 2.41. The van der Waals surface area contributed by atoms with Crippen LogP contribution in [0.1, 0.15) is 20.3 Å². The molecule has 5 nitrogen and oxygen atoms in total. The van der Waals surface area contributed by atoms with E-state index in [-0.39, 0.29) is 30.4 Å². The summed E-state index contributed by atoms with van der Waals surface area (Å²) in [5, 5.41) is 0.141. The number of ether oxygens (including phenoxy) is 1. The van der Waals surface area contributed by atoms with Crippen LogP contribution in [0.25, 0.3) is 0 Å². The summed E-state index contributed by atoms with van der Waals surface area (Å²) in [6.07, 6.45) is 0.260. The predicted molar refractivity (Wildman–Crippen MR) is 109 cm³/mol. The number of hydrogen-bond acceptors (Lipinski definition) is 5. The highest BCUT2D eigenvalue weighted by atomic mass is 35.5. The molecule has 140 valence electrons. The maximum absolute atomic E-state index is 12.8. The molecule has 9 heteroatoms. The van der Waals surface area contributed by atoms with Crippen molar-refractivity contribution in [3.8, 4) is 0 Å². The zero-order valence-electron chi connectivity index (χ0n) is 14.3. The molecule has 2 aliphatic heterocycles. The molecule has 0 radical (unpaired) electrons. The minimum absolute atomic E-state index is 0.0749. The maximum Gasteiger partial charge on any atom is 0.247 e. The number of anilines is 1. The van der Waals surface area contributed by atoms with Gasteiger partial charge in [-0.3, -0.25) is 9.59 Å². The third-order valence-corrected chi connectivity index (χ3v) is 6.59. The Balaban J connectivity index is 1.70. The lowest BCUT2D eigenvalue weighted by Gasteiger charge is -2.36. The average molecular weight is 433 g/mol. The van der Waals surface area contributed by atoms with Crippen molar-refractivity contribution < 1.29 is 14.3 Å². The Morgan fingerprint density at radius 2 is 1.85 bits per heavy atom. The first-order valence-electron chi connectivity index (χ1n) is 8.19. The van der Waals surface area contributed by atoms with Crippen molar-refractivity contribution in [3.63, 3.8) is 0 Å². The number of halogens is 2. The number of benzene rings is 1. The second-order valence-corrected chi connectivity index (χ2v) is 9.06. The number of thiocarbonyl (C=S) groups is 1. The highest BCUT2D eigenvalue weighted by Crippen LogP contribution is 2.34. The minimum atomic E-state index is -0.530. The van der Waals surface area contributed by atoms with Crippen molar-refractivity contribution in [1.82, 2.24) is 4.90 Å². The van der Waals surface area contributed by atoms with Gasteiger partial charge in [-0.1, -0.05) is 47.2 Å². The summed E-state index contributed by atoms with van der Waals surface area (Å²) in [5.74, 6) is -0.549. The fourth-order valence-corrected chi connectivity index (χ4v) is 4.88. The van der Waals surface area contributed by atoms with Gasteiger partial charge in [0.2, 0.25) is 11.8 Å². The lowest BCUT2D eigenvalue weighted by atomic mass is 10.2. The molecule has 2 heterocycles. The standard InChI is InChI=1S/C17H18Cl2N2O3S2/c1-9-7-20(8-10(2)24-9)17(25)26-14-6-15(22)21(16(14)23)11-3-4-12(18)13(19)5-11/h3-5,9-10,14H,6-8H2,1-2H3/t9-,10+,14-/m1/s1. The minimum Gasteiger partial charge on any atom is -0.372 e. The molecular weight excluding hydrogens is 415 g/mol. The third-order valence-electron chi connectivity index (χ3n) is 4.19. The van der Waals surface area contributed by atoms with Gasteiger partial charge in [-0.15, -0.1) is 0 Å². The van der Waals surface area contributed by atoms with Crippen molar-refractivity contribution >= 4 is 69.0 Å². The van der Waals surface area contributed by atoms with Gasteiger partial charge in [-0.25, -0.2) is 4.90 Å². The second-order valence-electron chi connectivity index (χ2n) is 6.40. The van der Waals surface area contributed by atoms with E-state index < -0.39 is 5.25 Å². The van der Waals surface area contributed by atoms with Crippen LogP contribution in [0, 0.1) is 0 Å². The Morgan fingerprint density at radius 1 is 1.19 bits per heavy atom. The number of thioether (sulfide) groups is 1. The number of imide groups is 1. The van der Waals surface area contributed by atoms with E-state index in [2.05, 4.69) is 0 Å². The summed E-state index contributed by atoms with van der Waals surface area (Å²) in [7, 11) is 0. The van der Waals surface area contributed by atoms with Crippen LogP contribution >= 0.6 is 47.2 Å². The molecule has 1 aromatic carbocycles. The molecule has 0 saturated carbocycles. The van der Waals surface area contributed by atoms with Gasteiger partial charge in [0.15, 0.2) is 0 Å². The van der Waals surface area contributed by atoms with E-state index in [0.29, 0.717) is 33.1 Å². The van der Waals surface area contributed by atoms with E-state index in [1.165, 1.54) is 17.8 Å². The smallest absolute Gasteiger partial charge is 0.247 e. The summed E-state index contributed by atoms with van der Waals surface area (Å²) >= 11 is 18.7. The summed E-state index contributed by atoms with van der Waals surface area (Å²) in [6.45, 7) is 5.35. The van der Waals surface area contributed by atoms with Gasteiger partial charge in [-0.05, 0) is 32.0 Å². The van der Waals surface area contributed by atoms with Gasteiger partial charge in [0.05, 0.1) is 27.9 Å².